The maximum absolute atomic E-state index is 4.45. The molecule has 0 spiro atoms. The molecule has 0 heterocycles. The van der Waals surface area contributed by atoms with Crippen LogP contribution in [0.4, 0.5) is 0 Å². The van der Waals surface area contributed by atoms with E-state index < -0.39 is 0 Å². The molecule has 4 unspecified atom stereocenters. The molecule has 0 heteroatoms. The third-order valence-electron chi connectivity index (χ3n) is 9.39. The Morgan fingerprint density at radius 3 is 2.55 bits per heavy atom. The molecule has 0 saturated heterocycles. The van der Waals surface area contributed by atoms with E-state index in [1.807, 2.05) is 5.57 Å². The van der Waals surface area contributed by atoms with E-state index in [1.165, 1.54) is 81.8 Å². The smallest absolute Gasteiger partial charge is 0.00423 e. The predicted molar refractivity (Wildman–Crippen MR) is 136 cm³/mol. The normalized spacial score (nSPS) is 37.8. The highest BCUT2D eigenvalue weighted by atomic mass is 14.6. The average Bonchev–Trinajstić information content (AvgIpc) is 3.35. The summed E-state index contributed by atoms with van der Waals surface area (Å²) in [5, 5.41) is 0. The Morgan fingerprint density at radius 1 is 1.13 bits per heavy atom. The summed E-state index contributed by atoms with van der Waals surface area (Å²) in [6, 6.07) is 0. The summed E-state index contributed by atoms with van der Waals surface area (Å²) in [7, 11) is 0. The Balaban J connectivity index is 1.49. The third kappa shape index (κ3) is 4.69. The number of allylic oxidation sites excluding steroid dienone is 7. The number of hydrogen-bond donors (Lipinski definition) is 0. The molecule has 4 aliphatic carbocycles. The minimum atomic E-state index is 0.422. The molecule has 0 aromatic carbocycles. The van der Waals surface area contributed by atoms with Crippen LogP contribution >= 0.6 is 0 Å². The van der Waals surface area contributed by atoms with E-state index in [4.69, 9.17) is 0 Å². The first-order valence-corrected chi connectivity index (χ1v) is 13.3. The van der Waals surface area contributed by atoms with Crippen molar-refractivity contribution in [2.24, 2.45) is 34.0 Å². The van der Waals surface area contributed by atoms with Gasteiger partial charge in [-0.1, -0.05) is 83.9 Å². The summed E-state index contributed by atoms with van der Waals surface area (Å²) in [6.45, 7) is 19.0. The molecule has 0 aromatic rings. The Morgan fingerprint density at radius 2 is 1.87 bits per heavy atom. The van der Waals surface area contributed by atoms with Crippen molar-refractivity contribution in [2.45, 2.75) is 112 Å². The van der Waals surface area contributed by atoms with Gasteiger partial charge in [0.15, 0.2) is 0 Å². The first-order valence-electron chi connectivity index (χ1n) is 13.3. The van der Waals surface area contributed by atoms with Crippen LogP contribution in [0.2, 0.25) is 0 Å². The van der Waals surface area contributed by atoms with E-state index in [0.717, 1.165) is 11.8 Å². The summed E-state index contributed by atoms with van der Waals surface area (Å²) in [5.41, 5.74) is 7.99. The van der Waals surface area contributed by atoms with E-state index in [2.05, 4.69) is 66.3 Å². The Bertz CT molecular complexity index is 790. The van der Waals surface area contributed by atoms with E-state index >= 15 is 0 Å². The summed E-state index contributed by atoms with van der Waals surface area (Å²) < 4.78 is 0. The fourth-order valence-corrected chi connectivity index (χ4v) is 7.44. The summed E-state index contributed by atoms with van der Waals surface area (Å²) in [4.78, 5) is 0. The number of rotatable bonds is 5. The van der Waals surface area contributed by atoms with Gasteiger partial charge in [0.05, 0.1) is 0 Å². The Labute approximate surface area is 193 Å². The molecule has 0 nitrogen and oxygen atoms in total. The van der Waals surface area contributed by atoms with Crippen molar-refractivity contribution in [3.63, 3.8) is 0 Å². The van der Waals surface area contributed by atoms with Crippen LogP contribution in [0.5, 0.6) is 0 Å². The van der Waals surface area contributed by atoms with Crippen LogP contribution in [0, 0.1) is 34.0 Å². The van der Waals surface area contributed by atoms with Gasteiger partial charge in [-0.3, -0.25) is 0 Å². The average molecular weight is 421 g/mol. The molecule has 172 valence electrons. The molecule has 4 rings (SSSR count). The number of hydrogen-bond acceptors (Lipinski definition) is 0. The van der Waals surface area contributed by atoms with Gasteiger partial charge in [-0.05, 0) is 109 Å². The quantitative estimate of drug-likeness (QED) is 0.388. The molecular weight excluding hydrogens is 372 g/mol. The zero-order valence-electron chi connectivity index (χ0n) is 21.4. The summed E-state index contributed by atoms with van der Waals surface area (Å²) in [5.74, 6) is 2.19. The fourth-order valence-electron chi connectivity index (χ4n) is 7.44. The largest absolute Gasteiger partial charge is 0.0953 e. The molecule has 0 radical (unpaired) electrons. The summed E-state index contributed by atoms with van der Waals surface area (Å²) >= 11 is 0. The van der Waals surface area contributed by atoms with Crippen molar-refractivity contribution in [2.75, 3.05) is 0 Å². The lowest BCUT2D eigenvalue weighted by molar-refractivity contribution is 0.206. The fraction of sp³-hybridized carbons (Fsp3) is 0.742. The molecule has 0 aliphatic heterocycles. The second-order valence-corrected chi connectivity index (χ2v) is 13.3. The second kappa shape index (κ2) is 8.39. The first kappa shape index (κ1) is 23.1. The van der Waals surface area contributed by atoms with E-state index in [0.29, 0.717) is 22.2 Å². The van der Waals surface area contributed by atoms with Crippen LogP contribution in [0.25, 0.3) is 0 Å². The van der Waals surface area contributed by atoms with Crippen molar-refractivity contribution in [1.82, 2.24) is 0 Å². The standard InChI is InChI=1S/C31H48/c1-22-20-23(2)24(3)26(21-22)12-11-25-10-8-16-30(7)27(25)13-14-28(30)31(18-19-31)17-9-15-29(4,5)6/h11-12,14,22-23,27H,3,8-10,13,15-21H2,1-2,4-7H3/b25-11+,26-12-. The van der Waals surface area contributed by atoms with Crippen molar-refractivity contribution < 1.29 is 0 Å². The minimum Gasteiger partial charge on any atom is -0.0953 e. The molecule has 31 heavy (non-hydrogen) atoms. The first-order chi connectivity index (χ1) is 14.5. The van der Waals surface area contributed by atoms with Gasteiger partial charge in [-0.15, -0.1) is 0 Å². The molecule has 3 fully saturated rings. The van der Waals surface area contributed by atoms with Gasteiger partial charge in [-0.2, -0.15) is 0 Å². The lowest BCUT2D eigenvalue weighted by Gasteiger charge is -2.43. The molecule has 3 saturated carbocycles. The highest BCUT2D eigenvalue weighted by molar-refractivity contribution is 5.41. The lowest BCUT2D eigenvalue weighted by Crippen LogP contribution is -2.33. The zero-order valence-corrected chi connectivity index (χ0v) is 21.4. The molecule has 0 amide bonds. The van der Waals surface area contributed by atoms with Crippen LogP contribution in [-0.2, 0) is 0 Å². The van der Waals surface area contributed by atoms with Gasteiger partial charge < -0.3 is 0 Å². The molecule has 0 N–H and O–H groups in total. The Kier molecular flexibility index (Phi) is 6.26. The van der Waals surface area contributed by atoms with Gasteiger partial charge in [-0.25, -0.2) is 0 Å². The van der Waals surface area contributed by atoms with Crippen molar-refractivity contribution >= 4 is 0 Å². The SMILES string of the molecule is C=C1/C(=C\C=C2/CCCC3(C)C(C4(CCCC(C)(C)C)CC4)=CCC23)CC(C)CC1C. The van der Waals surface area contributed by atoms with Crippen LogP contribution < -0.4 is 0 Å². The Hall–Kier alpha value is -1.04. The van der Waals surface area contributed by atoms with Gasteiger partial charge in [0.2, 0.25) is 0 Å². The minimum absolute atomic E-state index is 0.422. The molecule has 0 aromatic heterocycles. The predicted octanol–water partition coefficient (Wildman–Crippen LogP) is 9.59. The van der Waals surface area contributed by atoms with Gasteiger partial charge >= 0.3 is 0 Å². The lowest BCUT2D eigenvalue weighted by atomic mass is 9.61. The van der Waals surface area contributed by atoms with Crippen LogP contribution in [0.15, 0.2) is 47.1 Å². The van der Waals surface area contributed by atoms with Crippen molar-refractivity contribution in [3.8, 4) is 0 Å². The van der Waals surface area contributed by atoms with Gasteiger partial charge in [0.1, 0.15) is 0 Å². The molecular formula is C31H48. The third-order valence-corrected chi connectivity index (χ3v) is 9.39. The molecule has 4 aliphatic rings. The van der Waals surface area contributed by atoms with E-state index in [9.17, 15) is 0 Å². The van der Waals surface area contributed by atoms with E-state index in [1.54, 1.807) is 5.57 Å². The van der Waals surface area contributed by atoms with Crippen LogP contribution in [0.3, 0.4) is 0 Å². The molecule has 4 atom stereocenters. The van der Waals surface area contributed by atoms with Gasteiger partial charge in [0, 0.05) is 0 Å². The monoisotopic (exact) mass is 420 g/mol. The van der Waals surface area contributed by atoms with Crippen molar-refractivity contribution in [1.29, 1.82) is 0 Å². The maximum atomic E-state index is 4.45. The van der Waals surface area contributed by atoms with Crippen LogP contribution in [-0.4, -0.2) is 0 Å². The van der Waals surface area contributed by atoms with Crippen LogP contribution in [0.1, 0.15) is 112 Å². The zero-order chi connectivity index (χ0) is 22.4. The second-order valence-electron chi connectivity index (χ2n) is 13.3. The number of fused-ring (bicyclic) bond motifs is 1. The van der Waals surface area contributed by atoms with E-state index in [-0.39, 0.29) is 0 Å². The topological polar surface area (TPSA) is 0 Å². The highest BCUT2D eigenvalue weighted by Crippen LogP contribution is 2.67. The molecule has 0 bridgehead atoms. The summed E-state index contributed by atoms with van der Waals surface area (Å²) in [6.07, 6.45) is 22.7. The maximum Gasteiger partial charge on any atom is -0.00423 e. The highest BCUT2D eigenvalue weighted by Gasteiger charge is 2.56. The van der Waals surface area contributed by atoms with Crippen molar-refractivity contribution in [3.05, 3.63) is 47.1 Å². The van der Waals surface area contributed by atoms with Gasteiger partial charge in [0.25, 0.3) is 0 Å².